The number of nitrogens with one attached hydrogen (secondary N) is 1. The van der Waals surface area contributed by atoms with E-state index < -0.39 is 0 Å². The second-order valence-corrected chi connectivity index (χ2v) is 8.99. The Morgan fingerprint density at radius 2 is 1.87 bits per heavy atom. The van der Waals surface area contributed by atoms with Gasteiger partial charge in [-0.25, -0.2) is 9.97 Å². The molecule has 1 saturated heterocycles. The lowest BCUT2D eigenvalue weighted by Gasteiger charge is -2.35. The number of hydrogen-bond acceptors (Lipinski definition) is 7. The molecule has 30 heavy (non-hydrogen) atoms. The van der Waals surface area contributed by atoms with Crippen molar-refractivity contribution in [3.05, 3.63) is 29.5 Å². The number of anilines is 2. The molecule has 3 rings (SSSR count). The van der Waals surface area contributed by atoms with E-state index in [4.69, 9.17) is 21.1 Å². The molecule has 0 bridgehead atoms. The third-order valence-electron chi connectivity index (χ3n) is 4.92. The van der Waals surface area contributed by atoms with E-state index in [1.165, 1.54) is 32.4 Å². The first-order valence-electron chi connectivity index (χ1n) is 9.80. The molecular formula is C21H27ClN4O3S. The van der Waals surface area contributed by atoms with Gasteiger partial charge in [0, 0.05) is 25.2 Å². The van der Waals surface area contributed by atoms with Crippen molar-refractivity contribution in [2.75, 3.05) is 43.3 Å². The summed E-state index contributed by atoms with van der Waals surface area (Å²) in [6.07, 6.45) is 2.80. The zero-order valence-corrected chi connectivity index (χ0v) is 19.2. The van der Waals surface area contributed by atoms with E-state index in [9.17, 15) is 4.79 Å². The Morgan fingerprint density at radius 3 is 2.53 bits per heavy atom. The van der Waals surface area contributed by atoms with E-state index in [1.807, 2.05) is 6.07 Å². The smallest absolute Gasteiger partial charge is 0.234 e. The Kier molecular flexibility index (Phi) is 7.66. The molecule has 1 aromatic heterocycles. The Balaban J connectivity index is 1.62. The van der Waals surface area contributed by atoms with E-state index in [2.05, 4.69) is 34.0 Å². The monoisotopic (exact) mass is 450 g/mol. The van der Waals surface area contributed by atoms with Crippen LogP contribution in [-0.4, -0.2) is 48.9 Å². The lowest BCUT2D eigenvalue weighted by Crippen LogP contribution is -2.39. The number of thioether (sulfide) groups is 1. The van der Waals surface area contributed by atoms with Gasteiger partial charge in [0.05, 0.1) is 30.7 Å². The lowest BCUT2D eigenvalue weighted by molar-refractivity contribution is -0.113. The zero-order valence-electron chi connectivity index (χ0n) is 17.6. The lowest BCUT2D eigenvalue weighted by atomic mass is 9.92. The average Bonchev–Trinajstić information content (AvgIpc) is 2.72. The number of amides is 1. The Hall–Kier alpha value is -2.19. The molecule has 0 radical (unpaired) electrons. The highest BCUT2D eigenvalue weighted by Gasteiger charge is 2.23. The van der Waals surface area contributed by atoms with E-state index in [1.54, 1.807) is 18.5 Å². The first kappa shape index (κ1) is 22.5. The molecule has 0 unspecified atom stereocenters. The van der Waals surface area contributed by atoms with Gasteiger partial charge in [0.1, 0.15) is 28.7 Å². The highest BCUT2D eigenvalue weighted by Crippen LogP contribution is 2.36. The number of methoxy groups -OCH3 is 2. The molecule has 1 aliphatic rings. The summed E-state index contributed by atoms with van der Waals surface area (Å²) in [4.78, 5) is 23.5. The zero-order chi connectivity index (χ0) is 21.7. The van der Waals surface area contributed by atoms with Crippen molar-refractivity contribution in [3.63, 3.8) is 0 Å². The van der Waals surface area contributed by atoms with Crippen molar-refractivity contribution >= 4 is 40.8 Å². The molecule has 1 fully saturated rings. The molecule has 1 amide bonds. The molecule has 7 nitrogen and oxygen atoms in total. The van der Waals surface area contributed by atoms with Crippen LogP contribution in [0.15, 0.2) is 29.6 Å². The van der Waals surface area contributed by atoms with Gasteiger partial charge in [-0.3, -0.25) is 4.79 Å². The number of carbonyl (C=O) groups excluding carboxylic acids is 1. The van der Waals surface area contributed by atoms with Crippen molar-refractivity contribution in [3.8, 4) is 11.5 Å². The number of halogens is 1. The van der Waals surface area contributed by atoms with E-state index in [-0.39, 0.29) is 11.7 Å². The maximum absolute atomic E-state index is 12.5. The summed E-state index contributed by atoms with van der Waals surface area (Å²) in [7, 11) is 3.05. The van der Waals surface area contributed by atoms with Gasteiger partial charge in [0.2, 0.25) is 5.91 Å². The van der Waals surface area contributed by atoms with Crippen LogP contribution in [0.4, 0.5) is 11.5 Å². The summed E-state index contributed by atoms with van der Waals surface area (Å²) in [5.41, 5.74) is 0.494. The summed E-state index contributed by atoms with van der Waals surface area (Å²) < 4.78 is 10.5. The fourth-order valence-corrected chi connectivity index (χ4v) is 4.62. The normalized spacial score (nSPS) is 18.8. The number of benzene rings is 1. The maximum atomic E-state index is 12.5. The maximum Gasteiger partial charge on any atom is 0.234 e. The van der Waals surface area contributed by atoms with Gasteiger partial charge < -0.3 is 19.7 Å². The molecule has 0 saturated carbocycles. The summed E-state index contributed by atoms with van der Waals surface area (Å²) in [5.74, 6) is 3.17. The molecule has 1 aliphatic heterocycles. The molecule has 1 N–H and O–H groups in total. The summed E-state index contributed by atoms with van der Waals surface area (Å²) >= 11 is 7.53. The number of aromatic nitrogens is 2. The number of hydrogen-bond donors (Lipinski definition) is 1. The Labute approximate surface area is 186 Å². The highest BCUT2D eigenvalue weighted by atomic mass is 35.5. The van der Waals surface area contributed by atoms with E-state index >= 15 is 0 Å². The highest BCUT2D eigenvalue weighted by molar-refractivity contribution is 7.99. The van der Waals surface area contributed by atoms with Crippen molar-refractivity contribution in [1.29, 1.82) is 0 Å². The number of nitrogens with zero attached hydrogens (tertiary/aromatic N) is 3. The van der Waals surface area contributed by atoms with Crippen LogP contribution in [0.1, 0.15) is 20.3 Å². The van der Waals surface area contributed by atoms with Gasteiger partial charge in [-0.1, -0.05) is 37.2 Å². The number of rotatable bonds is 7. The van der Waals surface area contributed by atoms with E-state index in [0.29, 0.717) is 34.0 Å². The van der Waals surface area contributed by atoms with Crippen molar-refractivity contribution in [1.82, 2.24) is 9.97 Å². The summed E-state index contributed by atoms with van der Waals surface area (Å²) in [6, 6.07) is 5.21. The summed E-state index contributed by atoms with van der Waals surface area (Å²) in [5, 5.41) is 3.99. The van der Waals surface area contributed by atoms with Crippen LogP contribution >= 0.6 is 23.4 Å². The first-order chi connectivity index (χ1) is 14.4. The van der Waals surface area contributed by atoms with Crippen LogP contribution in [0.3, 0.4) is 0 Å². The van der Waals surface area contributed by atoms with Gasteiger partial charge in [0.25, 0.3) is 0 Å². The van der Waals surface area contributed by atoms with Crippen LogP contribution in [0.2, 0.25) is 5.02 Å². The first-order valence-corrected chi connectivity index (χ1v) is 11.2. The van der Waals surface area contributed by atoms with E-state index in [0.717, 1.165) is 23.9 Å². The van der Waals surface area contributed by atoms with Crippen LogP contribution in [-0.2, 0) is 4.79 Å². The average molecular weight is 451 g/mol. The molecule has 2 aromatic rings. The molecule has 0 aliphatic carbocycles. The Bertz CT molecular complexity index is 889. The molecule has 2 heterocycles. The van der Waals surface area contributed by atoms with Crippen LogP contribution in [0.25, 0.3) is 0 Å². The molecule has 0 spiro atoms. The van der Waals surface area contributed by atoms with Gasteiger partial charge in [-0.05, 0) is 24.3 Å². The third-order valence-corrected chi connectivity index (χ3v) is 6.14. The van der Waals surface area contributed by atoms with Crippen LogP contribution < -0.4 is 19.7 Å². The fraction of sp³-hybridized carbons (Fsp3) is 0.476. The van der Waals surface area contributed by atoms with Gasteiger partial charge in [-0.2, -0.15) is 0 Å². The molecular weight excluding hydrogens is 424 g/mol. The largest absolute Gasteiger partial charge is 0.495 e. The topological polar surface area (TPSA) is 76.6 Å². The molecule has 9 heteroatoms. The molecule has 1 aromatic carbocycles. The minimum Gasteiger partial charge on any atom is -0.495 e. The standard InChI is InChI=1S/C21H27ClN4O3S/c1-13-5-14(2)10-26(9-13)19-8-21(24-12-23-19)30-11-20(27)25-16-6-15(22)17(28-3)7-18(16)29-4/h6-8,12-14H,5,9-11H2,1-4H3,(H,25,27)/t13-,14+. The second-order valence-electron chi connectivity index (χ2n) is 7.59. The van der Waals surface area contributed by atoms with Crippen molar-refractivity contribution in [2.24, 2.45) is 11.8 Å². The third kappa shape index (κ3) is 5.70. The van der Waals surface area contributed by atoms with Crippen LogP contribution in [0, 0.1) is 11.8 Å². The SMILES string of the molecule is COc1cc(OC)c(NC(=O)CSc2cc(N3C[C@H](C)C[C@H](C)C3)ncn2)cc1Cl. The number of piperidine rings is 1. The molecule has 2 atom stereocenters. The minimum atomic E-state index is -0.181. The van der Waals surface area contributed by atoms with Crippen molar-refractivity contribution < 1.29 is 14.3 Å². The second kappa shape index (κ2) is 10.2. The summed E-state index contributed by atoms with van der Waals surface area (Å²) in [6.45, 7) is 6.51. The van der Waals surface area contributed by atoms with Crippen LogP contribution in [0.5, 0.6) is 11.5 Å². The predicted molar refractivity (Wildman–Crippen MR) is 121 cm³/mol. The van der Waals surface area contributed by atoms with Gasteiger partial charge in [-0.15, -0.1) is 0 Å². The van der Waals surface area contributed by atoms with Gasteiger partial charge >= 0.3 is 0 Å². The quantitative estimate of drug-likeness (QED) is 0.496. The fourth-order valence-electron chi connectivity index (χ4n) is 3.72. The number of ether oxygens (including phenoxy) is 2. The molecule has 162 valence electrons. The Morgan fingerprint density at radius 1 is 1.17 bits per heavy atom. The predicted octanol–water partition coefficient (Wildman–Crippen LogP) is 4.36. The number of carbonyl (C=O) groups is 1. The van der Waals surface area contributed by atoms with Crippen molar-refractivity contribution in [2.45, 2.75) is 25.3 Å². The minimum absolute atomic E-state index is 0.181. The van der Waals surface area contributed by atoms with Gasteiger partial charge in [0.15, 0.2) is 0 Å².